The number of carbonyl (C=O) groups is 1. The van der Waals surface area contributed by atoms with Crippen molar-refractivity contribution in [3.63, 3.8) is 0 Å². The molecular weight excluding hydrogens is 233 g/mol. The van der Waals surface area contributed by atoms with Gasteiger partial charge in [0.15, 0.2) is 0 Å². The third-order valence-corrected chi connectivity index (χ3v) is 2.87. The van der Waals surface area contributed by atoms with E-state index in [1.165, 1.54) is 18.2 Å². The maximum Gasteiger partial charge on any atom is 0.338 e. The lowest BCUT2D eigenvalue weighted by Crippen LogP contribution is -2.40. The molecule has 1 aromatic carbocycles. The van der Waals surface area contributed by atoms with Gasteiger partial charge in [0.25, 0.3) is 0 Å². The SMILES string of the molecule is CN(CCOC(=O)c1cccc(F)c1)C(C)(C)C. The van der Waals surface area contributed by atoms with Crippen LogP contribution in [0.4, 0.5) is 4.39 Å². The van der Waals surface area contributed by atoms with Crippen LogP contribution in [0.2, 0.25) is 0 Å². The van der Waals surface area contributed by atoms with Crippen molar-refractivity contribution >= 4 is 5.97 Å². The predicted octanol–water partition coefficient (Wildman–Crippen LogP) is 2.71. The Bertz CT molecular complexity index is 413. The summed E-state index contributed by atoms with van der Waals surface area (Å²) in [6.45, 7) is 7.19. The first-order valence-corrected chi connectivity index (χ1v) is 5.94. The zero-order valence-corrected chi connectivity index (χ0v) is 11.4. The molecule has 0 bridgehead atoms. The summed E-state index contributed by atoms with van der Waals surface area (Å²) >= 11 is 0. The molecule has 0 aliphatic rings. The molecule has 0 saturated carbocycles. The van der Waals surface area contributed by atoms with E-state index in [-0.39, 0.29) is 11.1 Å². The van der Waals surface area contributed by atoms with E-state index in [2.05, 4.69) is 25.7 Å². The van der Waals surface area contributed by atoms with Gasteiger partial charge in [0.05, 0.1) is 5.56 Å². The van der Waals surface area contributed by atoms with Crippen LogP contribution < -0.4 is 0 Å². The molecule has 0 fully saturated rings. The van der Waals surface area contributed by atoms with Crippen LogP contribution in [0.15, 0.2) is 24.3 Å². The molecule has 0 atom stereocenters. The van der Waals surface area contributed by atoms with Gasteiger partial charge in [0, 0.05) is 12.1 Å². The number of rotatable bonds is 4. The number of likely N-dealkylation sites (N-methyl/N-ethyl adjacent to an activating group) is 1. The van der Waals surface area contributed by atoms with Crippen LogP contribution in [-0.4, -0.2) is 36.6 Å². The molecule has 0 amide bonds. The molecule has 4 heteroatoms. The molecule has 0 aliphatic heterocycles. The second-order valence-corrected chi connectivity index (χ2v) is 5.24. The van der Waals surface area contributed by atoms with Gasteiger partial charge in [-0.25, -0.2) is 9.18 Å². The summed E-state index contributed by atoms with van der Waals surface area (Å²) in [5.41, 5.74) is 0.277. The third kappa shape index (κ3) is 4.45. The van der Waals surface area contributed by atoms with Crippen molar-refractivity contribution in [1.82, 2.24) is 4.90 Å². The van der Waals surface area contributed by atoms with Crippen LogP contribution in [0, 0.1) is 5.82 Å². The molecule has 100 valence electrons. The predicted molar refractivity (Wildman–Crippen MR) is 69.1 cm³/mol. The van der Waals surface area contributed by atoms with Crippen LogP contribution in [-0.2, 0) is 4.74 Å². The highest BCUT2D eigenvalue weighted by atomic mass is 19.1. The summed E-state index contributed by atoms with van der Waals surface area (Å²) in [4.78, 5) is 13.7. The van der Waals surface area contributed by atoms with Gasteiger partial charge in [-0.2, -0.15) is 0 Å². The van der Waals surface area contributed by atoms with E-state index in [1.807, 2.05) is 7.05 Å². The molecular formula is C14H20FNO2. The molecule has 3 nitrogen and oxygen atoms in total. The highest BCUT2D eigenvalue weighted by molar-refractivity contribution is 5.89. The number of nitrogens with zero attached hydrogens (tertiary/aromatic N) is 1. The van der Waals surface area contributed by atoms with Gasteiger partial charge in [0.2, 0.25) is 0 Å². The summed E-state index contributed by atoms with van der Waals surface area (Å²) in [5, 5.41) is 0. The second kappa shape index (κ2) is 5.96. The Morgan fingerprint density at radius 1 is 1.39 bits per heavy atom. The maximum absolute atomic E-state index is 12.9. The third-order valence-electron chi connectivity index (χ3n) is 2.87. The summed E-state index contributed by atoms with van der Waals surface area (Å²) in [6, 6.07) is 5.51. The topological polar surface area (TPSA) is 29.5 Å². The fourth-order valence-electron chi connectivity index (χ4n) is 1.31. The minimum absolute atomic E-state index is 0.0330. The van der Waals surface area contributed by atoms with Gasteiger partial charge in [-0.1, -0.05) is 6.07 Å². The molecule has 0 aromatic heterocycles. The lowest BCUT2D eigenvalue weighted by molar-refractivity contribution is 0.0423. The van der Waals surface area contributed by atoms with Crippen molar-refractivity contribution in [3.05, 3.63) is 35.6 Å². The first-order valence-electron chi connectivity index (χ1n) is 5.94. The molecule has 0 spiro atoms. The molecule has 0 radical (unpaired) electrons. The Morgan fingerprint density at radius 2 is 2.06 bits per heavy atom. The van der Waals surface area contributed by atoms with Crippen molar-refractivity contribution in [2.45, 2.75) is 26.3 Å². The first kappa shape index (κ1) is 14.6. The quantitative estimate of drug-likeness (QED) is 0.773. The van der Waals surface area contributed by atoms with Gasteiger partial charge < -0.3 is 4.74 Å². The normalized spacial score (nSPS) is 11.7. The Labute approximate surface area is 108 Å². The van der Waals surface area contributed by atoms with E-state index in [0.717, 1.165) is 0 Å². The zero-order valence-electron chi connectivity index (χ0n) is 11.4. The summed E-state index contributed by atoms with van der Waals surface area (Å²) in [7, 11) is 1.97. The minimum atomic E-state index is -0.489. The zero-order chi connectivity index (χ0) is 13.8. The molecule has 18 heavy (non-hydrogen) atoms. The fourth-order valence-corrected chi connectivity index (χ4v) is 1.31. The Kier molecular flexibility index (Phi) is 4.84. The maximum atomic E-state index is 12.9. The molecule has 0 N–H and O–H groups in total. The standard InChI is InChI=1S/C14H20FNO2/c1-14(2,3)16(4)8-9-18-13(17)11-6-5-7-12(15)10-11/h5-7,10H,8-9H2,1-4H3. The molecule has 0 aliphatic carbocycles. The Morgan fingerprint density at radius 3 is 2.61 bits per heavy atom. The van der Waals surface area contributed by atoms with Gasteiger partial charge >= 0.3 is 5.97 Å². The molecule has 1 aromatic rings. The van der Waals surface area contributed by atoms with Crippen LogP contribution in [0.3, 0.4) is 0 Å². The number of benzene rings is 1. The molecule has 0 saturated heterocycles. The van der Waals surface area contributed by atoms with E-state index < -0.39 is 11.8 Å². The van der Waals surface area contributed by atoms with E-state index >= 15 is 0 Å². The van der Waals surface area contributed by atoms with Gasteiger partial charge in [-0.05, 0) is 46.0 Å². The summed E-state index contributed by atoms with van der Waals surface area (Å²) in [6.07, 6.45) is 0. The Hall–Kier alpha value is -1.42. The van der Waals surface area contributed by atoms with Crippen LogP contribution >= 0.6 is 0 Å². The van der Waals surface area contributed by atoms with E-state index in [1.54, 1.807) is 6.07 Å². The number of hydrogen-bond acceptors (Lipinski definition) is 3. The monoisotopic (exact) mass is 253 g/mol. The molecule has 1 rings (SSSR count). The number of halogens is 1. The van der Waals surface area contributed by atoms with Crippen LogP contribution in [0.1, 0.15) is 31.1 Å². The fraction of sp³-hybridized carbons (Fsp3) is 0.500. The van der Waals surface area contributed by atoms with E-state index in [9.17, 15) is 9.18 Å². The average molecular weight is 253 g/mol. The summed E-state index contributed by atoms with van der Waals surface area (Å²) < 4.78 is 18.0. The van der Waals surface area contributed by atoms with Crippen LogP contribution in [0.25, 0.3) is 0 Å². The van der Waals surface area contributed by atoms with E-state index in [4.69, 9.17) is 4.74 Å². The minimum Gasteiger partial charge on any atom is -0.461 e. The lowest BCUT2D eigenvalue weighted by Gasteiger charge is -2.31. The number of carbonyl (C=O) groups excluding carboxylic acids is 1. The first-order chi connectivity index (χ1) is 8.30. The van der Waals surface area contributed by atoms with E-state index in [0.29, 0.717) is 13.2 Å². The smallest absolute Gasteiger partial charge is 0.338 e. The number of esters is 1. The van der Waals surface area contributed by atoms with Crippen molar-refractivity contribution in [2.75, 3.05) is 20.2 Å². The highest BCUT2D eigenvalue weighted by Crippen LogP contribution is 2.10. The van der Waals surface area contributed by atoms with Crippen LogP contribution in [0.5, 0.6) is 0 Å². The second-order valence-electron chi connectivity index (χ2n) is 5.24. The van der Waals surface area contributed by atoms with Crippen molar-refractivity contribution in [2.24, 2.45) is 0 Å². The van der Waals surface area contributed by atoms with Crippen molar-refractivity contribution in [3.8, 4) is 0 Å². The van der Waals surface area contributed by atoms with Gasteiger partial charge in [-0.3, -0.25) is 4.90 Å². The lowest BCUT2D eigenvalue weighted by atomic mass is 10.1. The largest absolute Gasteiger partial charge is 0.461 e. The van der Waals surface area contributed by atoms with Crippen molar-refractivity contribution < 1.29 is 13.9 Å². The van der Waals surface area contributed by atoms with Crippen molar-refractivity contribution in [1.29, 1.82) is 0 Å². The molecule has 0 heterocycles. The Balaban J connectivity index is 2.43. The highest BCUT2D eigenvalue weighted by Gasteiger charge is 2.17. The average Bonchev–Trinajstić information content (AvgIpc) is 2.27. The van der Waals surface area contributed by atoms with Gasteiger partial charge in [0.1, 0.15) is 12.4 Å². The van der Waals surface area contributed by atoms with Gasteiger partial charge in [-0.15, -0.1) is 0 Å². The molecule has 0 unspecified atom stereocenters. The number of ether oxygens (including phenoxy) is 1. The summed E-state index contributed by atoms with van der Waals surface area (Å²) in [5.74, 6) is -0.923. The number of hydrogen-bond donors (Lipinski definition) is 0.